The van der Waals surface area contributed by atoms with E-state index >= 15 is 0 Å². The van der Waals surface area contributed by atoms with Crippen LogP contribution in [0.3, 0.4) is 0 Å². The molecule has 5 heteroatoms. The van der Waals surface area contributed by atoms with Gasteiger partial charge in [0.1, 0.15) is 0 Å². The lowest BCUT2D eigenvalue weighted by atomic mass is 9.97. The summed E-state index contributed by atoms with van der Waals surface area (Å²) in [6.45, 7) is 2.52. The van der Waals surface area contributed by atoms with Crippen LogP contribution in [0.25, 0.3) is 0 Å². The molecule has 0 aliphatic carbocycles. The number of rotatable bonds is 6. The van der Waals surface area contributed by atoms with Crippen molar-refractivity contribution in [3.63, 3.8) is 0 Å². The molecule has 0 aromatic rings. The molecule has 2 N–H and O–H groups in total. The van der Waals surface area contributed by atoms with Gasteiger partial charge < -0.3 is 10.4 Å². The van der Waals surface area contributed by atoms with Gasteiger partial charge in [0.05, 0.1) is 13.2 Å². The van der Waals surface area contributed by atoms with E-state index in [9.17, 15) is 13.2 Å². The first-order valence-corrected chi connectivity index (χ1v) is 4.81. The first-order valence-electron chi connectivity index (χ1n) is 4.81. The van der Waals surface area contributed by atoms with Gasteiger partial charge in [-0.05, 0) is 12.3 Å². The molecule has 0 rings (SSSR count). The minimum Gasteiger partial charge on any atom is -0.395 e. The predicted molar refractivity (Wildman–Crippen MR) is 49.0 cm³/mol. The van der Waals surface area contributed by atoms with E-state index in [-0.39, 0.29) is 12.5 Å². The maximum Gasteiger partial charge on any atom is 0.401 e. The zero-order chi connectivity index (χ0) is 11.2. The van der Waals surface area contributed by atoms with Gasteiger partial charge in [-0.2, -0.15) is 13.2 Å². The average Bonchev–Trinajstić information content (AvgIpc) is 2.03. The first kappa shape index (κ1) is 13.7. The molecule has 0 heterocycles. The van der Waals surface area contributed by atoms with Crippen molar-refractivity contribution in [1.82, 2.24) is 5.32 Å². The molecule has 2 atom stereocenters. The monoisotopic (exact) mass is 213 g/mol. The minimum absolute atomic E-state index is 0.0624. The summed E-state index contributed by atoms with van der Waals surface area (Å²) in [4.78, 5) is 0. The molecule has 0 aliphatic rings. The standard InChI is InChI=1S/C9H18F3NO/c1-3-4-7(2)8(5-14)13-6-9(10,11)12/h7-8,13-14H,3-6H2,1-2H3. The molecule has 2 nitrogen and oxygen atoms in total. The van der Waals surface area contributed by atoms with E-state index in [0.29, 0.717) is 0 Å². The van der Waals surface area contributed by atoms with Gasteiger partial charge >= 0.3 is 6.18 Å². The van der Waals surface area contributed by atoms with Gasteiger partial charge in [0.15, 0.2) is 0 Å². The van der Waals surface area contributed by atoms with Crippen molar-refractivity contribution < 1.29 is 18.3 Å². The number of alkyl halides is 3. The molecular weight excluding hydrogens is 195 g/mol. The lowest BCUT2D eigenvalue weighted by Gasteiger charge is -2.23. The predicted octanol–water partition coefficient (Wildman–Crippen LogP) is 1.94. The van der Waals surface area contributed by atoms with Gasteiger partial charge in [0.2, 0.25) is 0 Å². The topological polar surface area (TPSA) is 32.3 Å². The van der Waals surface area contributed by atoms with Crippen molar-refractivity contribution in [2.24, 2.45) is 5.92 Å². The van der Waals surface area contributed by atoms with E-state index in [1.807, 2.05) is 13.8 Å². The highest BCUT2D eigenvalue weighted by Gasteiger charge is 2.29. The molecule has 0 saturated carbocycles. The Balaban J connectivity index is 3.90. The Kier molecular flexibility index (Phi) is 6.11. The first-order chi connectivity index (χ1) is 6.40. The van der Waals surface area contributed by atoms with Crippen LogP contribution in [-0.4, -0.2) is 30.5 Å². The number of aliphatic hydroxyl groups excluding tert-OH is 1. The number of aliphatic hydroxyl groups is 1. The molecule has 14 heavy (non-hydrogen) atoms. The molecule has 0 aromatic carbocycles. The maximum atomic E-state index is 11.9. The van der Waals surface area contributed by atoms with Crippen molar-refractivity contribution in [3.05, 3.63) is 0 Å². The highest BCUT2D eigenvalue weighted by Crippen LogP contribution is 2.15. The van der Waals surface area contributed by atoms with E-state index in [1.165, 1.54) is 0 Å². The fourth-order valence-electron chi connectivity index (χ4n) is 1.35. The Morgan fingerprint density at radius 1 is 1.36 bits per heavy atom. The quantitative estimate of drug-likeness (QED) is 0.706. The van der Waals surface area contributed by atoms with Gasteiger partial charge in [-0.3, -0.25) is 0 Å². The summed E-state index contributed by atoms with van der Waals surface area (Å²) in [6.07, 6.45) is -2.49. The van der Waals surface area contributed by atoms with E-state index < -0.39 is 18.8 Å². The summed E-state index contributed by atoms with van der Waals surface area (Å²) in [5.74, 6) is 0.0624. The fourth-order valence-corrected chi connectivity index (χ4v) is 1.35. The van der Waals surface area contributed by atoms with Gasteiger partial charge in [0.25, 0.3) is 0 Å². The van der Waals surface area contributed by atoms with Gasteiger partial charge in [-0.25, -0.2) is 0 Å². The zero-order valence-electron chi connectivity index (χ0n) is 8.56. The van der Waals surface area contributed by atoms with Crippen LogP contribution < -0.4 is 5.32 Å². The summed E-state index contributed by atoms with van der Waals surface area (Å²) >= 11 is 0. The molecule has 0 bridgehead atoms. The lowest BCUT2D eigenvalue weighted by molar-refractivity contribution is -0.127. The Hall–Kier alpha value is -0.290. The van der Waals surface area contributed by atoms with E-state index in [0.717, 1.165) is 12.8 Å². The van der Waals surface area contributed by atoms with Gasteiger partial charge in [-0.1, -0.05) is 20.3 Å². The van der Waals surface area contributed by atoms with Crippen molar-refractivity contribution in [2.45, 2.75) is 38.9 Å². The third-order valence-electron chi connectivity index (χ3n) is 2.19. The summed E-state index contributed by atoms with van der Waals surface area (Å²) in [5, 5.41) is 11.2. The maximum absolute atomic E-state index is 11.9. The van der Waals surface area contributed by atoms with Crippen LogP contribution in [0, 0.1) is 5.92 Å². The Morgan fingerprint density at radius 2 is 1.93 bits per heavy atom. The molecular formula is C9H18F3NO. The second-order valence-electron chi connectivity index (χ2n) is 3.55. The summed E-state index contributed by atoms with van der Waals surface area (Å²) in [7, 11) is 0. The molecule has 0 aromatic heterocycles. The van der Waals surface area contributed by atoms with Crippen molar-refractivity contribution in [2.75, 3.05) is 13.2 Å². The van der Waals surface area contributed by atoms with Gasteiger partial charge in [-0.15, -0.1) is 0 Å². The fraction of sp³-hybridized carbons (Fsp3) is 1.00. The largest absolute Gasteiger partial charge is 0.401 e. The smallest absolute Gasteiger partial charge is 0.395 e. The highest BCUT2D eigenvalue weighted by molar-refractivity contribution is 4.73. The van der Waals surface area contributed by atoms with Crippen LogP contribution >= 0.6 is 0 Å². The van der Waals surface area contributed by atoms with E-state index in [2.05, 4.69) is 5.32 Å². The van der Waals surface area contributed by atoms with Crippen molar-refractivity contribution in [3.8, 4) is 0 Å². The second-order valence-corrected chi connectivity index (χ2v) is 3.55. The van der Waals surface area contributed by atoms with E-state index in [4.69, 9.17) is 5.11 Å². The SMILES string of the molecule is CCCC(C)C(CO)NCC(F)(F)F. The number of nitrogens with one attached hydrogen (secondary N) is 1. The third kappa shape index (κ3) is 6.21. The molecule has 2 unspecified atom stereocenters. The molecule has 86 valence electrons. The Bertz CT molecular complexity index is 149. The number of hydrogen-bond donors (Lipinski definition) is 2. The summed E-state index contributed by atoms with van der Waals surface area (Å²) < 4.78 is 35.6. The highest BCUT2D eigenvalue weighted by atomic mass is 19.4. The summed E-state index contributed by atoms with van der Waals surface area (Å²) in [6, 6.07) is -0.462. The van der Waals surface area contributed by atoms with Gasteiger partial charge in [0, 0.05) is 6.04 Å². The van der Waals surface area contributed by atoms with Crippen molar-refractivity contribution in [1.29, 1.82) is 0 Å². The molecule has 0 fully saturated rings. The van der Waals surface area contributed by atoms with E-state index in [1.54, 1.807) is 0 Å². The van der Waals surface area contributed by atoms with Crippen LogP contribution in [0.2, 0.25) is 0 Å². The van der Waals surface area contributed by atoms with Crippen LogP contribution in [0.1, 0.15) is 26.7 Å². The molecule has 0 amide bonds. The molecule has 0 radical (unpaired) electrons. The van der Waals surface area contributed by atoms with Crippen LogP contribution in [0.5, 0.6) is 0 Å². The van der Waals surface area contributed by atoms with Crippen LogP contribution in [0.4, 0.5) is 13.2 Å². The lowest BCUT2D eigenvalue weighted by Crippen LogP contribution is -2.43. The molecule has 0 aliphatic heterocycles. The molecule has 0 spiro atoms. The zero-order valence-corrected chi connectivity index (χ0v) is 8.56. The van der Waals surface area contributed by atoms with Crippen LogP contribution in [0.15, 0.2) is 0 Å². The minimum atomic E-state index is -4.21. The Morgan fingerprint density at radius 3 is 2.29 bits per heavy atom. The molecule has 0 saturated heterocycles. The number of hydrogen-bond acceptors (Lipinski definition) is 2. The Labute approximate surface area is 82.5 Å². The average molecular weight is 213 g/mol. The summed E-state index contributed by atoms with van der Waals surface area (Å²) in [5.41, 5.74) is 0. The van der Waals surface area contributed by atoms with Crippen molar-refractivity contribution >= 4 is 0 Å². The number of halogens is 3. The third-order valence-corrected chi connectivity index (χ3v) is 2.19. The normalized spacial score (nSPS) is 16.7. The van der Waals surface area contributed by atoms with Crippen LogP contribution in [-0.2, 0) is 0 Å². The second kappa shape index (κ2) is 6.24.